The zero-order chi connectivity index (χ0) is 25.2. The Balaban J connectivity index is 1.69. The van der Waals surface area contributed by atoms with Crippen molar-refractivity contribution in [2.75, 3.05) is 40.4 Å². The van der Waals surface area contributed by atoms with Crippen LogP contribution >= 0.6 is 0 Å². The van der Waals surface area contributed by atoms with Gasteiger partial charge in [0.25, 0.3) is 0 Å². The van der Waals surface area contributed by atoms with Crippen LogP contribution in [0.5, 0.6) is 11.5 Å². The second-order valence-electron chi connectivity index (χ2n) is 8.89. The molecular weight excluding hydrogens is 452 g/mol. The Morgan fingerprint density at radius 1 is 0.853 bits per heavy atom. The molecule has 2 aromatic rings. The van der Waals surface area contributed by atoms with E-state index in [0.29, 0.717) is 55.4 Å². The van der Waals surface area contributed by atoms with E-state index in [1.807, 2.05) is 52.8 Å². The van der Waals surface area contributed by atoms with E-state index in [2.05, 4.69) is 0 Å². The summed E-state index contributed by atoms with van der Waals surface area (Å²) >= 11 is 0. The van der Waals surface area contributed by atoms with Crippen LogP contribution in [0.15, 0.2) is 23.1 Å². The third-order valence-electron chi connectivity index (χ3n) is 7.21. The molecule has 0 atom stereocenters. The van der Waals surface area contributed by atoms with Crippen molar-refractivity contribution in [3.8, 4) is 11.5 Å². The number of carbonyl (C=O) groups excluding carboxylic acids is 1. The van der Waals surface area contributed by atoms with Crippen molar-refractivity contribution < 1.29 is 22.7 Å². The summed E-state index contributed by atoms with van der Waals surface area (Å²) in [6.45, 7) is 11.1. The fraction of sp³-hybridized carbons (Fsp3) is 0.500. The van der Waals surface area contributed by atoms with Crippen molar-refractivity contribution >= 4 is 15.9 Å². The number of piperazine rings is 1. The summed E-state index contributed by atoms with van der Waals surface area (Å²) in [5.41, 5.74) is 5.70. The molecule has 1 heterocycles. The smallest absolute Gasteiger partial charge is 0.243 e. The lowest BCUT2D eigenvalue weighted by molar-refractivity contribution is -0.132. The van der Waals surface area contributed by atoms with E-state index < -0.39 is 10.0 Å². The van der Waals surface area contributed by atoms with E-state index in [1.165, 1.54) is 4.31 Å². The van der Waals surface area contributed by atoms with Gasteiger partial charge in [0, 0.05) is 32.6 Å². The summed E-state index contributed by atoms with van der Waals surface area (Å²) in [7, 11) is -0.469. The van der Waals surface area contributed by atoms with Crippen molar-refractivity contribution in [3.63, 3.8) is 0 Å². The first-order valence-corrected chi connectivity index (χ1v) is 13.0. The first-order valence-electron chi connectivity index (χ1n) is 11.6. The van der Waals surface area contributed by atoms with Crippen molar-refractivity contribution in [1.82, 2.24) is 9.21 Å². The Labute approximate surface area is 203 Å². The topological polar surface area (TPSA) is 76.2 Å². The monoisotopic (exact) mass is 488 g/mol. The van der Waals surface area contributed by atoms with Crippen molar-refractivity contribution in [2.24, 2.45) is 0 Å². The molecular formula is C26H36N2O5S. The van der Waals surface area contributed by atoms with E-state index in [1.54, 1.807) is 19.1 Å². The van der Waals surface area contributed by atoms with Gasteiger partial charge in [-0.2, -0.15) is 4.31 Å². The third kappa shape index (κ3) is 4.79. The SMILES string of the molecule is COc1cccc(CCC(=O)N2CCN(S(=O)(=O)c3c(C)c(C)c(C)c(C)c3C)CC2)c1OC. The van der Waals surface area contributed by atoms with Crippen LogP contribution in [-0.2, 0) is 21.2 Å². The van der Waals surface area contributed by atoms with Gasteiger partial charge >= 0.3 is 0 Å². The average Bonchev–Trinajstić information content (AvgIpc) is 2.84. The van der Waals surface area contributed by atoms with E-state index in [-0.39, 0.29) is 5.91 Å². The molecule has 0 aromatic heterocycles. The maximum atomic E-state index is 13.6. The molecule has 0 unspecified atom stereocenters. The minimum absolute atomic E-state index is 0.0105. The number of nitrogens with zero attached hydrogens (tertiary/aromatic N) is 2. The Bertz CT molecular complexity index is 1150. The molecule has 1 fully saturated rings. The lowest BCUT2D eigenvalue weighted by atomic mass is 9.95. The number of ether oxygens (including phenoxy) is 2. The van der Waals surface area contributed by atoms with E-state index in [0.717, 1.165) is 33.4 Å². The molecule has 0 aliphatic carbocycles. The highest BCUT2D eigenvalue weighted by atomic mass is 32.2. The highest BCUT2D eigenvalue weighted by molar-refractivity contribution is 7.89. The van der Waals surface area contributed by atoms with Crippen LogP contribution in [0.25, 0.3) is 0 Å². The molecule has 3 rings (SSSR count). The standard InChI is InChI=1S/C26H36N2O5S/c1-17-18(2)20(4)26(21(5)19(17)3)34(30,31)28-15-13-27(14-16-28)24(29)12-11-22-9-8-10-23(32-6)25(22)33-7/h8-10H,11-16H2,1-7H3. The number of hydrogen-bond acceptors (Lipinski definition) is 5. The predicted octanol–water partition coefficient (Wildman–Crippen LogP) is 3.71. The number of carbonyl (C=O) groups is 1. The molecule has 0 radical (unpaired) electrons. The number of para-hydroxylation sites is 1. The van der Waals surface area contributed by atoms with Crippen molar-refractivity contribution in [2.45, 2.75) is 52.4 Å². The maximum Gasteiger partial charge on any atom is 0.243 e. The quantitative estimate of drug-likeness (QED) is 0.594. The highest BCUT2D eigenvalue weighted by Crippen LogP contribution is 2.33. The highest BCUT2D eigenvalue weighted by Gasteiger charge is 2.33. The molecule has 1 aliphatic heterocycles. The number of methoxy groups -OCH3 is 2. The summed E-state index contributed by atoms with van der Waals surface area (Å²) in [6.07, 6.45) is 0.850. The molecule has 0 bridgehead atoms. The zero-order valence-corrected chi connectivity index (χ0v) is 22.1. The van der Waals surface area contributed by atoms with Gasteiger partial charge in [0.15, 0.2) is 11.5 Å². The number of rotatable bonds is 7. The van der Waals surface area contributed by atoms with Gasteiger partial charge in [0.2, 0.25) is 15.9 Å². The number of hydrogen-bond donors (Lipinski definition) is 0. The van der Waals surface area contributed by atoms with Crippen LogP contribution in [0.4, 0.5) is 0 Å². The summed E-state index contributed by atoms with van der Waals surface area (Å²) in [5, 5.41) is 0. The fourth-order valence-electron chi connectivity index (χ4n) is 4.71. The van der Waals surface area contributed by atoms with Gasteiger partial charge in [0.1, 0.15) is 0 Å². The Morgan fingerprint density at radius 2 is 1.41 bits per heavy atom. The molecule has 0 spiro atoms. The Morgan fingerprint density at radius 3 is 1.94 bits per heavy atom. The molecule has 8 heteroatoms. The Hall–Kier alpha value is -2.58. The molecule has 34 heavy (non-hydrogen) atoms. The van der Waals surface area contributed by atoms with Crippen LogP contribution in [0.2, 0.25) is 0 Å². The van der Waals surface area contributed by atoms with Gasteiger partial charge in [-0.25, -0.2) is 8.42 Å². The van der Waals surface area contributed by atoms with Crippen LogP contribution < -0.4 is 9.47 Å². The normalized spacial score (nSPS) is 14.9. The van der Waals surface area contributed by atoms with Gasteiger partial charge in [-0.1, -0.05) is 12.1 Å². The second kappa shape index (κ2) is 10.4. The molecule has 186 valence electrons. The molecule has 2 aromatic carbocycles. The first-order chi connectivity index (χ1) is 16.0. The number of aryl methyl sites for hydroxylation is 1. The minimum atomic E-state index is -3.64. The fourth-order valence-corrected chi connectivity index (χ4v) is 6.69. The minimum Gasteiger partial charge on any atom is -0.493 e. The first kappa shape index (κ1) is 26.0. The predicted molar refractivity (Wildman–Crippen MR) is 133 cm³/mol. The molecule has 1 amide bonds. The van der Waals surface area contributed by atoms with Gasteiger partial charge in [0.05, 0.1) is 19.1 Å². The van der Waals surface area contributed by atoms with E-state index in [4.69, 9.17) is 9.47 Å². The van der Waals surface area contributed by atoms with Gasteiger partial charge in [-0.15, -0.1) is 0 Å². The molecule has 1 aliphatic rings. The van der Waals surface area contributed by atoms with Crippen LogP contribution in [-0.4, -0.2) is 63.9 Å². The largest absolute Gasteiger partial charge is 0.493 e. The average molecular weight is 489 g/mol. The number of amides is 1. The van der Waals surface area contributed by atoms with Crippen LogP contribution in [0.1, 0.15) is 39.8 Å². The summed E-state index contributed by atoms with van der Waals surface area (Å²) in [6, 6.07) is 5.63. The lowest BCUT2D eigenvalue weighted by Gasteiger charge is -2.35. The van der Waals surface area contributed by atoms with Gasteiger partial charge < -0.3 is 14.4 Å². The summed E-state index contributed by atoms with van der Waals surface area (Å²) in [5.74, 6) is 1.29. The van der Waals surface area contributed by atoms with Crippen LogP contribution in [0, 0.1) is 34.6 Å². The maximum absolute atomic E-state index is 13.6. The number of benzene rings is 2. The zero-order valence-electron chi connectivity index (χ0n) is 21.3. The van der Waals surface area contributed by atoms with Crippen LogP contribution in [0.3, 0.4) is 0 Å². The molecule has 0 N–H and O–H groups in total. The van der Waals surface area contributed by atoms with E-state index >= 15 is 0 Å². The van der Waals surface area contributed by atoms with Gasteiger partial charge in [-0.05, 0) is 80.5 Å². The molecule has 1 saturated heterocycles. The summed E-state index contributed by atoms with van der Waals surface area (Å²) < 4.78 is 39.4. The van der Waals surface area contributed by atoms with Crippen molar-refractivity contribution in [3.05, 3.63) is 51.6 Å². The second-order valence-corrected chi connectivity index (χ2v) is 10.8. The number of sulfonamides is 1. The molecule has 7 nitrogen and oxygen atoms in total. The van der Waals surface area contributed by atoms with Gasteiger partial charge in [-0.3, -0.25) is 4.79 Å². The molecule has 0 saturated carbocycles. The van der Waals surface area contributed by atoms with E-state index in [9.17, 15) is 13.2 Å². The summed E-state index contributed by atoms with van der Waals surface area (Å²) in [4.78, 5) is 15.0. The lowest BCUT2D eigenvalue weighted by Crippen LogP contribution is -2.50. The third-order valence-corrected chi connectivity index (χ3v) is 9.39. The Kier molecular flexibility index (Phi) is 7.93. The van der Waals surface area contributed by atoms with Crippen molar-refractivity contribution in [1.29, 1.82) is 0 Å².